The molecule has 5 heteroatoms. The fourth-order valence-corrected chi connectivity index (χ4v) is 4.74. The molecule has 0 radical (unpaired) electrons. The number of hydrogen-bond donors (Lipinski definition) is 1. The van der Waals surface area contributed by atoms with Crippen LogP contribution in [0, 0.1) is 6.92 Å². The molecule has 1 unspecified atom stereocenters. The quantitative estimate of drug-likeness (QED) is 0.697. The van der Waals surface area contributed by atoms with E-state index in [1.807, 2.05) is 18.2 Å². The summed E-state index contributed by atoms with van der Waals surface area (Å²) < 4.78 is 11.2. The van der Waals surface area contributed by atoms with Gasteiger partial charge in [0.25, 0.3) is 0 Å². The van der Waals surface area contributed by atoms with Crippen molar-refractivity contribution in [3.8, 4) is 11.5 Å². The summed E-state index contributed by atoms with van der Waals surface area (Å²) in [5.41, 5.74) is 3.69. The van der Waals surface area contributed by atoms with Crippen molar-refractivity contribution >= 4 is 17.7 Å². The van der Waals surface area contributed by atoms with E-state index in [9.17, 15) is 4.79 Å². The second kappa shape index (κ2) is 7.80. The first-order valence-electron chi connectivity index (χ1n) is 10.6. The van der Waals surface area contributed by atoms with Crippen molar-refractivity contribution in [3.63, 3.8) is 0 Å². The number of nitrogens with zero attached hydrogens (tertiary/aromatic N) is 1. The Labute approximate surface area is 184 Å². The number of ether oxygens (including phenoxy) is 2. The van der Waals surface area contributed by atoms with Crippen molar-refractivity contribution in [3.05, 3.63) is 71.8 Å². The van der Waals surface area contributed by atoms with Crippen LogP contribution in [0.4, 0.5) is 5.69 Å². The molecule has 2 aromatic rings. The van der Waals surface area contributed by atoms with Crippen molar-refractivity contribution in [2.75, 3.05) is 25.2 Å². The Bertz CT molecular complexity index is 1060. The third-order valence-corrected chi connectivity index (χ3v) is 6.45. The summed E-state index contributed by atoms with van der Waals surface area (Å²) in [4.78, 5) is 14.9. The van der Waals surface area contributed by atoms with E-state index >= 15 is 0 Å². The summed E-state index contributed by atoms with van der Waals surface area (Å²) in [5, 5.41) is 3.32. The lowest BCUT2D eigenvalue weighted by molar-refractivity contribution is -0.124. The number of anilines is 1. The molecule has 5 nitrogen and oxygen atoms in total. The van der Waals surface area contributed by atoms with E-state index in [0.717, 1.165) is 5.56 Å². The van der Waals surface area contributed by atoms with E-state index in [1.54, 1.807) is 13.2 Å². The van der Waals surface area contributed by atoms with Crippen LogP contribution in [0.1, 0.15) is 37.0 Å². The molecule has 2 aliphatic rings. The van der Waals surface area contributed by atoms with Crippen molar-refractivity contribution < 1.29 is 14.3 Å². The monoisotopic (exact) mass is 418 g/mol. The molecule has 0 saturated carbocycles. The van der Waals surface area contributed by atoms with Gasteiger partial charge < -0.3 is 19.7 Å². The number of benzene rings is 2. The summed E-state index contributed by atoms with van der Waals surface area (Å²) in [7, 11) is 1.63. The zero-order chi connectivity index (χ0) is 22.2. The first-order chi connectivity index (χ1) is 14.8. The number of amides is 1. The van der Waals surface area contributed by atoms with Gasteiger partial charge in [-0.3, -0.25) is 4.79 Å². The average molecular weight is 419 g/mol. The van der Waals surface area contributed by atoms with Crippen molar-refractivity contribution in [2.45, 2.75) is 38.3 Å². The number of methoxy groups -OCH3 is 1. The Kier molecular flexibility index (Phi) is 5.29. The molecule has 1 N–H and O–H groups in total. The molecule has 0 aliphatic carbocycles. The highest BCUT2D eigenvalue weighted by atomic mass is 16.5. The Hall–Kier alpha value is -3.21. The van der Waals surface area contributed by atoms with Crippen molar-refractivity contribution in [1.82, 2.24) is 5.32 Å². The molecule has 2 aromatic carbocycles. The predicted octanol–water partition coefficient (Wildman–Crippen LogP) is 4.60. The topological polar surface area (TPSA) is 50.8 Å². The molecule has 162 valence electrons. The molecule has 0 bridgehead atoms. The number of aryl methyl sites for hydroxylation is 1. The smallest absolute Gasteiger partial charge is 0.223 e. The molecule has 2 heterocycles. The van der Waals surface area contributed by atoms with Gasteiger partial charge in [0.1, 0.15) is 12.3 Å². The van der Waals surface area contributed by atoms with Crippen LogP contribution in [-0.2, 0) is 10.2 Å². The van der Waals surface area contributed by atoms with Crippen LogP contribution in [0.15, 0.2) is 55.1 Å². The third kappa shape index (κ3) is 3.38. The Morgan fingerprint density at radius 2 is 2.00 bits per heavy atom. The number of fused-ring (bicyclic) bond motifs is 3. The molecule has 1 amide bonds. The molecule has 0 aromatic heterocycles. The van der Waals surface area contributed by atoms with Crippen LogP contribution >= 0.6 is 0 Å². The van der Waals surface area contributed by atoms with Gasteiger partial charge in [0.05, 0.1) is 7.11 Å². The van der Waals surface area contributed by atoms with Gasteiger partial charge in [-0.1, -0.05) is 56.3 Å². The number of carbonyl (C=O) groups excluding carboxylic acids is 1. The fourth-order valence-electron chi connectivity index (χ4n) is 4.74. The number of rotatable bonds is 6. The first kappa shape index (κ1) is 21.0. The van der Waals surface area contributed by atoms with E-state index in [4.69, 9.17) is 9.47 Å². The highest BCUT2D eigenvalue weighted by Gasteiger charge is 2.57. The van der Waals surface area contributed by atoms with Gasteiger partial charge in [0.15, 0.2) is 11.5 Å². The fraction of sp³-hybridized carbons (Fsp3) is 0.346. The zero-order valence-electron chi connectivity index (χ0n) is 18.7. The maximum absolute atomic E-state index is 12.6. The van der Waals surface area contributed by atoms with Gasteiger partial charge in [-0.05, 0) is 42.3 Å². The summed E-state index contributed by atoms with van der Waals surface area (Å²) >= 11 is 0. The lowest BCUT2D eigenvalue weighted by Gasteiger charge is -2.49. The lowest BCUT2D eigenvalue weighted by atomic mass is 9.74. The number of nitrogens with one attached hydrogen (secondary N) is 1. The van der Waals surface area contributed by atoms with Gasteiger partial charge >= 0.3 is 0 Å². The molecular formula is C26H30N2O3. The number of hydrogen-bond acceptors (Lipinski definition) is 4. The van der Waals surface area contributed by atoms with Gasteiger partial charge in [-0.2, -0.15) is 0 Å². The minimum absolute atomic E-state index is 0.0734. The predicted molar refractivity (Wildman–Crippen MR) is 125 cm³/mol. The average Bonchev–Trinajstić information content (AvgIpc) is 2.94. The van der Waals surface area contributed by atoms with Gasteiger partial charge in [-0.15, -0.1) is 0 Å². The molecule has 0 spiro atoms. The molecule has 1 saturated heterocycles. The highest BCUT2D eigenvalue weighted by molar-refractivity contribution is 5.84. The third-order valence-electron chi connectivity index (χ3n) is 6.45. The van der Waals surface area contributed by atoms with E-state index in [2.05, 4.69) is 67.9 Å². The van der Waals surface area contributed by atoms with Crippen LogP contribution in [0.2, 0.25) is 0 Å². The maximum atomic E-state index is 12.6. The lowest BCUT2D eigenvalue weighted by Crippen LogP contribution is -2.68. The van der Waals surface area contributed by atoms with Gasteiger partial charge in [-0.25, -0.2) is 0 Å². The summed E-state index contributed by atoms with van der Waals surface area (Å²) in [6.45, 7) is 11.3. The summed E-state index contributed by atoms with van der Waals surface area (Å²) in [5.74, 6) is 1.41. The zero-order valence-corrected chi connectivity index (χ0v) is 18.7. The second-order valence-corrected chi connectivity index (χ2v) is 8.71. The molecule has 1 atom stereocenters. The summed E-state index contributed by atoms with van der Waals surface area (Å²) in [6, 6.07) is 12.4. The van der Waals surface area contributed by atoms with Gasteiger partial charge in [0, 0.05) is 24.1 Å². The van der Waals surface area contributed by atoms with Crippen LogP contribution in [-0.4, -0.2) is 31.8 Å². The molecule has 31 heavy (non-hydrogen) atoms. The first-order valence-corrected chi connectivity index (χ1v) is 10.6. The summed E-state index contributed by atoms with van der Waals surface area (Å²) in [6.07, 6.45) is 6.37. The highest BCUT2D eigenvalue weighted by Crippen LogP contribution is 2.52. The van der Waals surface area contributed by atoms with E-state index in [0.29, 0.717) is 31.1 Å². The minimum Gasteiger partial charge on any atom is -0.493 e. The molecular weight excluding hydrogens is 388 g/mol. The molecule has 2 aliphatic heterocycles. The number of carbonyl (C=O) groups is 1. The second-order valence-electron chi connectivity index (χ2n) is 8.71. The van der Waals surface area contributed by atoms with Crippen molar-refractivity contribution in [2.24, 2.45) is 0 Å². The van der Waals surface area contributed by atoms with Crippen LogP contribution in [0.5, 0.6) is 11.5 Å². The minimum atomic E-state index is -0.635. The van der Waals surface area contributed by atoms with E-state index < -0.39 is 5.66 Å². The normalized spacial score (nSPS) is 21.4. The Morgan fingerprint density at radius 3 is 2.74 bits per heavy atom. The van der Waals surface area contributed by atoms with Crippen LogP contribution in [0.25, 0.3) is 6.08 Å². The maximum Gasteiger partial charge on any atom is 0.223 e. The van der Waals surface area contributed by atoms with E-state index in [1.165, 1.54) is 16.8 Å². The SMILES string of the molecule is C=CCOc1ccc(C=CC23NC(=O)CCN2c2ccc(C)cc2C3(C)C)cc1OC. The largest absolute Gasteiger partial charge is 0.493 e. The standard InChI is InChI=1S/C26H30N2O3/c1-6-15-31-22-10-8-19(17-23(22)30-5)11-13-26-25(3,4)20-16-18(2)7-9-21(20)28(26)14-12-24(29)27-26/h6-11,13,16-17H,1,12,14-15H2,2-5H3,(H,27,29). The Balaban J connectivity index is 1.75. The molecule has 1 fully saturated rings. The Morgan fingerprint density at radius 1 is 1.19 bits per heavy atom. The van der Waals surface area contributed by atoms with E-state index in [-0.39, 0.29) is 11.3 Å². The molecule has 4 rings (SSSR count). The van der Waals surface area contributed by atoms with Gasteiger partial charge in [0.2, 0.25) is 5.91 Å². The van der Waals surface area contributed by atoms with Crippen molar-refractivity contribution in [1.29, 1.82) is 0 Å². The van der Waals surface area contributed by atoms with Crippen LogP contribution < -0.4 is 19.7 Å². The van der Waals surface area contributed by atoms with Crippen LogP contribution in [0.3, 0.4) is 0 Å².